The van der Waals surface area contributed by atoms with Crippen molar-refractivity contribution in [3.05, 3.63) is 93.0 Å². The van der Waals surface area contributed by atoms with E-state index in [0.717, 1.165) is 52.9 Å². The SMILES string of the molecule is C1CCOC1.C1CCOC1.C1CCOC1.C1CCOC1.C1COCCOCCOCCOCCOCCO1.C1COCCOCCOCCOCCOCCO1.Cc1cc2cc(C)c(C)cc2cc1C.Cc1cc2cc(C)c(C)cc2cc1C.[K].[K]. The van der Waals surface area contributed by atoms with Crippen LogP contribution >= 0.6 is 0 Å². The molecule has 0 bridgehead atoms. The minimum absolute atomic E-state index is 0. The van der Waals surface area contributed by atoms with Gasteiger partial charge in [-0.25, -0.2) is 0 Å². The first-order valence-electron chi connectivity index (χ1n) is 31.4. The van der Waals surface area contributed by atoms with E-state index in [1.807, 2.05) is 0 Å². The van der Waals surface area contributed by atoms with Gasteiger partial charge in [0.15, 0.2) is 0 Å². The first-order chi connectivity index (χ1) is 41.2. The Labute approximate surface area is 604 Å². The van der Waals surface area contributed by atoms with E-state index in [0.29, 0.717) is 159 Å². The molecule has 6 aliphatic heterocycles. The molecule has 6 fully saturated rings. The summed E-state index contributed by atoms with van der Waals surface area (Å²) >= 11 is 0. The maximum Gasteiger partial charge on any atom is 0.0701 e. The molecule has 0 spiro atoms. The fourth-order valence-corrected chi connectivity index (χ4v) is 8.29. The minimum Gasteiger partial charge on any atom is -0.381 e. The molecule has 4 aromatic rings. The standard InChI is InChI=1S/2C14H16.2C12H24O6.4C4H8O.2K/c2*1-9-5-13-7-11(3)12(4)8-14(13)6-10(9)2;2*1-2-14-5-6-16-9-10-18-12-11-17-8-7-15-4-3-13-1;4*1-2-4-5-3-1;;/h2*5-8H,1-4H3;2*1-12H2;4*1-4H2;;. The zero-order chi connectivity index (χ0) is 60.2. The number of fused-ring (bicyclic) bond motifs is 2. The van der Waals surface area contributed by atoms with Crippen LogP contribution in [0.2, 0.25) is 0 Å². The zero-order valence-electron chi connectivity index (χ0n) is 55.4. The normalized spacial score (nSPS) is 19.2. The number of rotatable bonds is 0. The molecule has 0 amide bonds. The van der Waals surface area contributed by atoms with Crippen LogP contribution in [0.5, 0.6) is 0 Å². The second kappa shape index (κ2) is 60.0. The number of hydrogen-bond acceptors (Lipinski definition) is 16. The second-order valence-electron chi connectivity index (χ2n) is 21.1. The summed E-state index contributed by atoms with van der Waals surface area (Å²) in [6.07, 6.45) is 10.2. The quantitative estimate of drug-likeness (QED) is 0.154. The molecule has 0 atom stereocenters. The summed E-state index contributed by atoms with van der Waals surface area (Å²) in [4.78, 5) is 0. The van der Waals surface area contributed by atoms with Crippen LogP contribution in [0, 0.1) is 55.4 Å². The maximum atomic E-state index is 5.33. The van der Waals surface area contributed by atoms with Crippen LogP contribution < -0.4 is 0 Å². The molecule has 16 nitrogen and oxygen atoms in total. The van der Waals surface area contributed by atoms with Crippen molar-refractivity contribution in [1.29, 1.82) is 0 Å². The third kappa shape index (κ3) is 46.2. The van der Waals surface area contributed by atoms with Gasteiger partial charge in [-0.1, -0.05) is 48.5 Å². The molecular formula is C68H112K2O16. The van der Waals surface area contributed by atoms with Crippen LogP contribution in [0.4, 0.5) is 0 Å². The van der Waals surface area contributed by atoms with E-state index in [1.165, 1.54) is 117 Å². The van der Waals surface area contributed by atoms with E-state index in [9.17, 15) is 0 Å². The van der Waals surface area contributed by atoms with Gasteiger partial charge in [0, 0.05) is 156 Å². The van der Waals surface area contributed by atoms with Crippen molar-refractivity contribution >= 4 is 124 Å². The van der Waals surface area contributed by atoms with E-state index in [2.05, 4.69) is 104 Å². The summed E-state index contributed by atoms with van der Waals surface area (Å²) in [5, 5.41) is 5.43. The molecule has 0 saturated carbocycles. The van der Waals surface area contributed by atoms with E-state index in [4.69, 9.17) is 75.8 Å². The summed E-state index contributed by atoms with van der Waals surface area (Å²) in [5.41, 5.74) is 11.0. The molecule has 482 valence electrons. The van der Waals surface area contributed by atoms with Crippen LogP contribution in [0.15, 0.2) is 48.5 Å². The first-order valence-corrected chi connectivity index (χ1v) is 31.4. The van der Waals surface area contributed by atoms with E-state index >= 15 is 0 Å². The summed E-state index contributed by atoms with van der Waals surface area (Å²) in [5.74, 6) is 0. The van der Waals surface area contributed by atoms with E-state index < -0.39 is 0 Å². The Balaban J connectivity index is 0.000000513. The molecule has 86 heavy (non-hydrogen) atoms. The van der Waals surface area contributed by atoms with Crippen molar-refractivity contribution in [3.63, 3.8) is 0 Å². The number of ether oxygens (including phenoxy) is 16. The van der Waals surface area contributed by atoms with Gasteiger partial charge in [0.2, 0.25) is 0 Å². The Bertz CT molecular complexity index is 1640. The molecule has 6 aliphatic rings. The molecule has 2 radical (unpaired) electrons. The Morgan fingerprint density at radius 3 is 0.302 bits per heavy atom. The van der Waals surface area contributed by atoms with Gasteiger partial charge in [-0.05, 0) is 173 Å². The fraction of sp³-hybridized carbons (Fsp3) is 0.706. The van der Waals surface area contributed by atoms with Crippen molar-refractivity contribution in [3.8, 4) is 0 Å². The van der Waals surface area contributed by atoms with Gasteiger partial charge in [0.25, 0.3) is 0 Å². The number of aryl methyl sites for hydroxylation is 8. The molecule has 6 saturated heterocycles. The van der Waals surface area contributed by atoms with Crippen molar-refractivity contribution in [2.75, 3.05) is 211 Å². The smallest absolute Gasteiger partial charge is 0.0701 e. The molecule has 10 rings (SSSR count). The largest absolute Gasteiger partial charge is 0.381 e. The van der Waals surface area contributed by atoms with Gasteiger partial charge in [0.1, 0.15) is 0 Å². The molecule has 0 N–H and O–H groups in total. The second-order valence-corrected chi connectivity index (χ2v) is 21.1. The molecular weight excluding hydrogens is 1150 g/mol. The molecule has 6 heterocycles. The van der Waals surface area contributed by atoms with Gasteiger partial charge >= 0.3 is 0 Å². The number of benzene rings is 4. The van der Waals surface area contributed by atoms with E-state index in [1.54, 1.807) is 0 Å². The van der Waals surface area contributed by atoms with Gasteiger partial charge in [-0.15, -0.1) is 0 Å². The predicted molar refractivity (Wildman–Crippen MR) is 347 cm³/mol. The fourth-order valence-electron chi connectivity index (χ4n) is 8.29. The predicted octanol–water partition coefficient (Wildman–Crippen LogP) is 10.8. The van der Waals surface area contributed by atoms with Crippen molar-refractivity contribution in [2.45, 2.75) is 107 Å². The monoisotopic (exact) mass is 1260 g/mol. The Kier molecular flexibility index (Phi) is 58.6. The van der Waals surface area contributed by atoms with Crippen LogP contribution in [0.1, 0.15) is 95.9 Å². The molecule has 18 heteroatoms. The van der Waals surface area contributed by atoms with Crippen LogP contribution in [-0.4, -0.2) is 314 Å². The zero-order valence-corrected chi connectivity index (χ0v) is 61.7. The van der Waals surface area contributed by atoms with Crippen molar-refractivity contribution < 1.29 is 75.8 Å². The molecule has 0 unspecified atom stereocenters. The number of hydrogen-bond donors (Lipinski definition) is 0. The van der Waals surface area contributed by atoms with Crippen molar-refractivity contribution in [1.82, 2.24) is 0 Å². The van der Waals surface area contributed by atoms with Crippen LogP contribution in [-0.2, 0) is 75.8 Å². The summed E-state index contributed by atoms with van der Waals surface area (Å²) < 4.78 is 83.7. The van der Waals surface area contributed by atoms with Gasteiger partial charge in [0.05, 0.1) is 159 Å². The molecule has 0 aliphatic carbocycles. The maximum absolute atomic E-state index is 5.33. The third-order valence-corrected chi connectivity index (χ3v) is 13.9. The third-order valence-electron chi connectivity index (χ3n) is 13.9. The minimum atomic E-state index is 0. The summed E-state index contributed by atoms with van der Waals surface area (Å²) in [6.45, 7) is 39.4. The van der Waals surface area contributed by atoms with Gasteiger partial charge in [-0.3, -0.25) is 0 Å². The van der Waals surface area contributed by atoms with Gasteiger partial charge < -0.3 is 75.8 Å². The van der Waals surface area contributed by atoms with Crippen LogP contribution in [0.3, 0.4) is 0 Å². The summed E-state index contributed by atoms with van der Waals surface area (Å²) in [7, 11) is 0. The first kappa shape index (κ1) is 84.0. The van der Waals surface area contributed by atoms with Gasteiger partial charge in [-0.2, -0.15) is 0 Å². The Morgan fingerprint density at radius 1 is 0.151 bits per heavy atom. The molecule has 4 aromatic carbocycles. The van der Waals surface area contributed by atoms with E-state index in [-0.39, 0.29) is 103 Å². The summed E-state index contributed by atoms with van der Waals surface area (Å²) in [6, 6.07) is 18.2. The average molecular weight is 1260 g/mol. The topological polar surface area (TPSA) is 148 Å². The average Bonchev–Trinajstić information content (AvgIpc) is 4.28. The van der Waals surface area contributed by atoms with Crippen LogP contribution in [0.25, 0.3) is 21.5 Å². The Hall–Kier alpha value is 0.0327. The Morgan fingerprint density at radius 2 is 0.233 bits per heavy atom. The van der Waals surface area contributed by atoms with Crippen molar-refractivity contribution in [2.24, 2.45) is 0 Å². The molecule has 0 aromatic heterocycles.